The van der Waals surface area contributed by atoms with Crippen LogP contribution in [-0.2, 0) is 21.2 Å². The van der Waals surface area contributed by atoms with Crippen molar-refractivity contribution in [3.63, 3.8) is 0 Å². The van der Waals surface area contributed by atoms with Crippen LogP contribution in [0, 0.1) is 18.6 Å². The average Bonchev–Trinajstić information content (AvgIpc) is 2.86. The maximum Gasteiger partial charge on any atom is 0.329 e. The van der Waals surface area contributed by atoms with Crippen LogP contribution in [0.1, 0.15) is 11.1 Å². The molecule has 0 bridgehead atoms. The zero-order chi connectivity index (χ0) is 28.3. The minimum absolute atomic E-state index is 0.0521. The van der Waals surface area contributed by atoms with Crippen LogP contribution in [0.2, 0.25) is 0 Å². The second kappa shape index (κ2) is 11.0. The number of H-pyrrole nitrogens is 1. The fourth-order valence-electron chi connectivity index (χ4n) is 4.13. The molecule has 4 rings (SSSR count). The van der Waals surface area contributed by atoms with Crippen LogP contribution in [0.25, 0.3) is 10.8 Å². The van der Waals surface area contributed by atoms with Gasteiger partial charge in [-0.15, -0.1) is 0 Å². The lowest BCUT2D eigenvalue weighted by molar-refractivity contribution is -0.120. The lowest BCUT2D eigenvalue weighted by atomic mass is 10.0. The number of nitrogens with zero attached hydrogens (tertiary/aromatic N) is 1. The van der Waals surface area contributed by atoms with Gasteiger partial charge in [0.1, 0.15) is 17.7 Å². The van der Waals surface area contributed by atoms with Crippen LogP contribution >= 0.6 is 0 Å². The van der Waals surface area contributed by atoms with E-state index in [9.17, 15) is 31.6 Å². The smallest absolute Gasteiger partial charge is 0.329 e. The molecule has 1 heterocycles. The van der Waals surface area contributed by atoms with E-state index < -0.39 is 39.6 Å². The Bertz CT molecular complexity index is 1720. The van der Waals surface area contributed by atoms with E-state index in [-0.39, 0.29) is 22.4 Å². The zero-order valence-electron chi connectivity index (χ0n) is 20.9. The molecule has 202 valence electrons. The largest absolute Gasteiger partial charge is 0.329 e. The number of halogens is 2. The predicted molar refractivity (Wildman–Crippen MR) is 142 cm³/mol. The van der Waals surface area contributed by atoms with Crippen LogP contribution in [0.15, 0.2) is 82.6 Å². The molecule has 3 N–H and O–H groups in total. The van der Waals surface area contributed by atoms with Gasteiger partial charge in [-0.1, -0.05) is 24.3 Å². The molecule has 0 unspecified atom stereocenters. The number of carbonyl (C=O) groups is 2. The zero-order valence-corrected chi connectivity index (χ0v) is 21.7. The van der Waals surface area contributed by atoms with Crippen LogP contribution in [0.4, 0.5) is 19.3 Å². The minimum Gasteiger partial charge on any atom is -0.329 e. The van der Waals surface area contributed by atoms with Gasteiger partial charge in [0.05, 0.1) is 4.90 Å². The summed E-state index contributed by atoms with van der Waals surface area (Å²) in [4.78, 5) is 42.1. The Hall–Kier alpha value is -4.58. The number of rotatable bonds is 7. The van der Waals surface area contributed by atoms with Gasteiger partial charge >= 0.3 is 6.03 Å². The Labute approximate surface area is 222 Å². The van der Waals surface area contributed by atoms with Crippen molar-refractivity contribution in [2.24, 2.45) is 0 Å². The highest BCUT2D eigenvalue weighted by Crippen LogP contribution is 2.21. The summed E-state index contributed by atoms with van der Waals surface area (Å²) in [5.74, 6) is -2.50. The summed E-state index contributed by atoms with van der Waals surface area (Å²) in [7, 11) is -2.90. The van der Waals surface area contributed by atoms with Gasteiger partial charge in [-0.05, 0) is 59.8 Å². The van der Waals surface area contributed by atoms with Gasteiger partial charge in [0.15, 0.2) is 0 Å². The first-order valence-corrected chi connectivity index (χ1v) is 13.2. The van der Waals surface area contributed by atoms with Crippen molar-refractivity contribution in [1.82, 2.24) is 15.0 Å². The summed E-state index contributed by atoms with van der Waals surface area (Å²) in [5.41, 5.74) is 0.373. The molecule has 1 aromatic heterocycles. The average molecular weight is 555 g/mol. The Kier molecular flexibility index (Phi) is 7.77. The predicted octanol–water partition coefficient (Wildman–Crippen LogP) is 3.38. The van der Waals surface area contributed by atoms with E-state index in [0.717, 1.165) is 17.0 Å². The fourth-order valence-corrected chi connectivity index (χ4v) is 5.29. The van der Waals surface area contributed by atoms with Crippen molar-refractivity contribution in [3.05, 3.63) is 106 Å². The van der Waals surface area contributed by atoms with E-state index in [0.29, 0.717) is 28.1 Å². The number of likely N-dealkylation sites (N-methyl/N-ethyl adjacent to an activating group) is 1. The molecule has 9 nitrogen and oxygen atoms in total. The first-order chi connectivity index (χ1) is 18.4. The van der Waals surface area contributed by atoms with Crippen LogP contribution < -0.4 is 20.5 Å². The summed E-state index contributed by atoms with van der Waals surface area (Å²) in [5, 5.41) is 3.26. The molecule has 0 saturated carbocycles. The van der Waals surface area contributed by atoms with Gasteiger partial charge in [0.25, 0.3) is 15.6 Å². The van der Waals surface area contributed by atoms with Crippen LogP contribution in [0.5, 0.6) is 0 Å². The molecule has 3 aromatic carbocycles. The third kappa shape index (κ3) is 6.29. The van der Waals surface area contributed by atoms with Crippen molar-refractivity contribution >= 4 is 38.4 Å². The topological polar surface area (TPSA) is 128 Å². The molecule has 3 amide bonds. The molecule has 1 atom stereocenters. The molecule has 0 radical (unpaired) electrons. The Morgan fingerprint density at radius 3 is 2.38 bits per heavy atom. The molecule has 0 spiro atoms. The number of hydrogen-bond donors (Lipinski definition) is 3. The third-order valence-corrected chi connectivity index (χ3v) is 7.54. The van der Waals surface area contributed by atoms with Crippen LogP contribution in [0.3, 0.4) is 0 Å². The van der Waals surface area contributed by atoms with Gasteiger partial charge in [-0.3, -0.25) is 9.59 Å². The minimum atomic E-state index is -4.29. The van der Waals surface area contributed by atoms with E-state index in [1.54, 1.807) is 37.3 Å². The number of fused-ring (bicyclic) bond motifs is 1. The number of nitrogens with one attached hydrogen (secondary N) is 3. The molecule has 0 fully saturated rings. The Balaban J connectivity index is 1.63. The number of sulfonamides is 1. The normalized spacial score (nSPS) is 12.1. The molecule has 0 aliphatic carbocycles. The van der Waals surface area contributed by atoms with E-state index in [1.165, 1.54) is 31.4 Å². The lowest BCUT2D eigenvalue weighted by Gasteiger charge is -2.25. The first-order valence-electron chi connectivity index (χ1n) is 11.7. The molecular weight excluding hydrogens is 530 g/mol. The van der Waals surface area contributed by atoms with Crippen molar-refractivity contribution in [2.75, 3.05) is 11.9 Å². The van der Waals surface area contributed by atoms with Gasteiger partial charge in [-0.2, -0.15) is 0 Å². The van der Waals surface area contributed by atoms with E-state index >= 15 is 0 Å². The van der Waals surface area contributed by atoms with Crippen molar-refractivity contribution < 1.29 is 26.8 Å². The SMILES string of the molecule is Cc1ccccc1S(=O)(=O)NC(=O)N[C@@H](Cc1cc(F)cc(F)c1)C(=O)N(C)c1ccc2cc[nH]c(=O)c2c1. The highest BCUT2D eigenvalue weighted by atomic mass is 32.2. The molecular formula is C27H24F2N4O5S. The van der Waals surface area contributed by atoms with Crippen molar-refractivity contribution in [1.29, 1.82) is 0 Å². The number of anilines is 1. The van der Waals surface area contributed by atoms with Gasteiger partial charge in [0.2, 0.25) is 5.91 Å². The molecule has 12 heteroatoms. The van der Waals surface area contributed by atoms with Gasteiger partial charge < -0.3 is 15.2 Å². The number of urea groups is 1. The van der Waals surface area contributed by atoms with E-state index in [1.807, 2.05) is 4.72 Å². The highest BCUT2D eigenvalue weighted by Gasteiger charge is 2.28. The van der Waals surface area contributed by atoms with E-state index in [4.69, 9.17) is 0 Å². The van der Waals surface area contributed by atoms with Gasteiger partial charge in [-0.25, -0.2) is 26.7 Å². The van der Waals surface area contributed by atoms with Crippen LogP contribution in [-0.4, -0.2) is 38.4 Å². The number of carbonyl (C=O) groups excluding carboxylic acids is 2. The number of aryl methyl sites for hydroxylation is 1. The third-order valence-electron chi connectivity index (χ3n) is 6.05. The number of hydrogen-bond acceptors (Lipinski definition) is 5. The second-order valence-corrected chi connectivity index (χ2v) is 10.5. The monoisotopic (exact) mass is 554 g/mol. The van der Waals surface area contributed by atoms with Crippen molar-refractivity contribution in [2.45, 2.75) is 24.3 Å². The molecule has 4 aromatic rings. The quantitative estimate of drug-likeness (QED) is 0.323. The first kappa shape index (κ1) is 27.5. The lowest BCUT2D eigenvalue weighted by Crippen LogP contribution is -2.52. The molecule has 0 aliphatic rings. The standard InChI is InChI=1S/C27H24F2N4O5S/c1-16-5-3-4-6-24(16)39(37,38)32-27(36)31-23(13-17-11-19(28)14-20(29)12-17)26(35)33(2)21-8-7-18-9-10-30-25(34)22(18)15-21/h3-12,14-15,23H,13H2,1-2H3,(H,30,34)(H2,31,32,36)/t23-/m0/s1. The summed E-state index contributed by atoms with van der Waals surface area (Å²) >= 11 is 0. The fraction of sp³-hybridized carbons (Fsp3) is 0.148. The number of aromatic amines is 1. The Morgan fingerprint density at radius 1 is 1.00 bits per heavy atom. The highest BCUT2D eigenvalue weighted by molar-refractivity contribution is 7.90. The van der Waals surface area contributed by atoms with Gasteiger partial charge in [0, 0.05) is 36.8 Å². The summed E-state index contributed by atoms with van der Waals surface area (Å²) in [6, 6.07) is 12.4. The second-order valence-electron chi connectivity index (χ2n) is 8.85. The Morgan fingerprint density at radius 2 is 1.69 bits per heavy atom. The molecule has 0 saturated heterocycles. The number of aromatic nitrogens is 1. The van der Waals surface area contributed by atoms with Crippen molar-refractivity contribution in [3.8, 4) is 0 Å². The number of benzene rings is 3. The summed E-state index contributed by atoms with van der Waals surface area (Å²) < 4.78 is 55.1. The molecule has 0 aliphatic heterocycles. The maximum absolute atomic E-state index is 13.9. The summed E-state index contributed by atoms with van der Waals surface area (Å²) in [6.07, 6.45) is 1.13. The van der Waals surface area contributed by atoms with E-state index in [2.05, 4.69) is 10.3 Å². The summed E-state index contributed by atoms with van der Waals surface area (Å²) in [6.45, 7) is 1.56. The number of amides is 3. The number of pyridine rings is 1. The maximum atomic E-state index is 13.9. The molecule has 39 heavy (non-hydrogen) atoms.